The summed E-state index contributed by atoms with van der Waals surface area (Å²) in [5, 5.41) is 7.36. The molecule has 0 bridgehead atoms. The van der Waals surface area contributed by atoms with E-state index in [4.69, 9.17) is 11.6 Å². The topological polar surface area (TPSA) is 59.8 Å². The molecule has 2 aromatic heterocycles. The summed E-state index contributed by atoms with van der Waals surface area (Å²) in [6.45, 7) is 0.643. The average Bonchev–Trinajstić information content (AvgIpc) is 2.95. The van der Waals surface area contributed by atoms with Gasteiger partial charge in [0.25, 0.3) is 5.91 Å². The van der Waals surface area contributed by atoms with Gasteiger partial charge in [-0.25, -0.2) is 0 Å². The van der Waals surface area contributed by atoms with E-state index in [1.54, 1.807) is 23.1 Å². The number of nitrogens with one attached hydrogen (secondary N) is 1. The van der Waals surface area contributed by atoms with Crippen LogP contribution in [0.1, 0.15) is 15.9 Å². The summed E-state index contributed by atoms with van der Waals surface area (Å²) in [4.78, 5) is 16.0. The number of carbonyl (C=O) groups is 1. The molecule has 1 N–H and O–H groups in total. The summed E-state index contributed by atoms with van der Waals surface area (Å²) >= 11 is 5.98. The predicted molar refractivity (Wildman–Crippen MR) is 85.0 cm³/mol. The number of nitrogens with zero attached hydrogens (tertiary/aromatic N) is 3. The quantitative estimate of drug-likeness (QED) is 0.804. The molecule has 0 aliphatic carbocycles. The van der Waals surface area contributed by atoms with E-state index in [-0.39, 0.29) is 5.91 Å². The largest absolute Gasteiger partial charge is 0.319 e. The van der Waals surface area contributed by atoms with Gasteiger partial charge in [0.15, 0.2) is 0 Å². The summed E-state index contributed by atoms with van der Waals surface area (Å²) < 4.78 is 1.76. The minimum absolute atomic E-state index is 0.308. The van der Waals surface area contributed by atoms with Crippen molar-refractivity contribution in [3.63, 3.8) is 0 Å². The maximum absolute atomic E-state index is 12.1. The zero-order valence-corrected chi connectivity index (χ0v) is 12.4. The molecule has 0 saturated carbocycles. The average molecular weight is 313 g/mol. The van der Waals surface area contributed by atoms with Gasteiger partial charge in [0.1, 0.15) is 0 Å². The fourth-order valence-electron chi connectivity index (χ4n) is 2.03. The van der Waals surface area contributed by atoms with E-state index >= 15 is 0 Å². The van der Waals surface area contributed by atoms with Gasteiger partial charge in [-0.2, -0.15) is 5.10 Å². The zero-order valence-electron chi connectivity index (χ0n) is 11.6. The Morgan fingerprint density at radius 1 is 1.18 bits per heavy atom. The summed E-state index contributed by atoms with van der Waals surface area (Å²) in [5.74, 6) is -0.308. The maximum atomic E-state index is 12.1. The highest BCUT2D eigenvalue weighted by molar-refractivity contribution is 6.34. The lowest BCUT2D eigenvalue weighted by Crippen LogP contribution is -2.12. The second-order valence-electron chi connectivity index (χ2n) is 4.72. The van der Waals surface area contributed by atoms with Crippen LogP contribution in [0.5, 0.6) is 0 Å². The number of benzene rings is 1. The van der Waals surface area contributed by atoms with Gasteiger partial charge in [0.05, 0.1) is 29.0 Å². The molecule has 3 aromatic rings. The molecule has 0 saturated heterocycles. The number of amides is 1. The van der Waals surface area contributed by atoms with Crippen molar-refractivity contribution in [2.75, 3.05) is 5.32 Å². The SMILES string of the molecule is O=C(Nc1cnn(Cc2ccccc2)c1)c1cnccc1Cl. The van der Waals surface area contributed by atoms with Gasteiger partial charge in [-0.15, -0.1) is 0 Å². The van der Waals surface area contributed by atoms with E-state index in [0.29, 0.717) is 22.8 Å². The van der Waals surface area contributed by atoms with Crippen molar-refractivity contribution in [2.24, 2.45) is 0 Å². The molecule has 1 aromatic carbocycles. The number of hydrogen-bond donors (Lipinski definition) is 1. The van der Waals surface area contributed by atoms with Gasteiger partial charge in [0, 0.05) is 18.6 Å². The molecule has 1 amide bonds. The Morgan fingerprint density at radius 3 is 2.77 bits per heavy atom. The molecule has 0 radical (unpaired) electrons. The van der Waals surface area contributed by atoms with Crippen LogP contribution >= 0.6 is 11.6 Å². The van der Waals surface area contributed by atoms with Gasteiger partial charge in [-0.1, -0.05) is 41.9 Å². The molecule has 0 unspecified atom stereocenters. The Balaban J connectivity index is 1.69. The highest BCUT2D eigenvalue weighted by Crippen LogP contribution is 2.16. The number of hydrogen-bond acceptors (Lipinski definition) is 3. The van der Waals surface area contributed by atoms with Crippen LogP contribution in [-0.2, 0) is 6.54 Å². The standard InChI is InChI=1S/C16H13ClN4O/c17-15-6-7-18-9-14(15)16(22)20-13-8-19-21(11-13)10-12-4-2-1-3-5-12/h1-9,11H,10H2,(H,20,22). The number of anilines is 1. The van der Waals surface area contributed by atoms with Crippen molar-refractivity contribution < 1.29 is 4.79 Å². The normalized spacial score (nSPS) is 10.4. The van der Waals surface area contributed by atoms with E-state index in [1.165, 1.54) is 12.4 Å². The molecular formula is C16H13ClN4O. The first kappa shape index (κ1) is 14.3. The van der Waals surface area contributed by atoms with Crippen molar-refractivity contribution in [3.8, 4) is 0 Å². The highest BCUT2D eigenvalue weighted by atomic mass is 35.5. The second kappa shape index (κ2) is 6.41. The lowest BCUT2D eigenvalue weighted by molar-refractivity contribution is 0.102. The lowest BCUT2D eigenvalue weighted by Gasteiger charge is -2.04. The first-order valence-corrected chi connectivity index (χ1v) is 7.07. The third kappa shape index (κ3) is 3.32. The first-order valence-electron chi connectivity index (χ1n) is 6.69. The molecule has 0 atom stereocenters. The minimum atomic E-state index is -0.308. The minimum Gasteiger partial charge on any atom is -0.319 e. The zero-order chi connectivity index (χ0) is 15.4. The van der Waals surface area contributed by atoms with Crippen molar-refractivity contribution in [3.05, 3.63) is 77.3 Å². The van der Waals surface area contributed by atoms with E-state index < -0.39 is 0 Å². The molecule has 3 rings (SSSR count). The Kier molecular flexibility index (Phi) is 4.16. The number of aromatic nitrogens is 3. The number of carbonyl (C=O) groups excluding carboxylic acids is 1. The van der Waals surface area contributed by atoms with Crippen LogP contribution in [0.2, 0.25) is 5.02 Å². The van der Waals surface area contributed by atoms with Crippen molar-refractivity contribution >= 4 is 23.2 Å². The Bertz CT molecular complexity index is 786. The van der Waals surface area contributed by atoms with Gasteiger partial charge in [-0.05, 0) is 11.6 Å². The monoisotopic (exact) mass is 312 g/mol. The van der Waals surface area contributed by atoms with Gasteiger partial charge < -0.3 is 5.32 Å². The van der Waals surface area contributed by atoms with Gasteiger partial charge >= 0.3 is 0 Å². The van der Waals surface area contributed by atoms with Crippen LogP contribution < -0.4 is 5.32 Å². The maximum Gasteiger partial charge on any atom is 0.258 e. The number of pyridine rings is 1. The lowest BCUT2D eigenvalue weighted by atomic mass is 10.2. The van der Waals surface area contributed by atoms with E-state index in [2.05, 4.69) is 15.4 Å². The summed E-state index contributed by atoms with van der Waals surface area (Å²) in [5.41, 5.74) is 2.08. The number of rotatable bonds is 4. The Morgan fingerprint density at radius 2 is 2.00 bits per heavy atom. The Labute approximate surface area is 132 Å². The van der Waals surface area contributed by atoms with Gasteiger partial charge in [-0.3, -0.25) is 14.5 Å². The van der Waals surface area contributed by atoms with Crippen molar-refractivity contribution in [1.29, 1.82) is 0 Å². The van der Waals surface area contributed by atoms with E-state index in [0.717, 1.165) is 5.56 Å². The van der Waals surface area contributed by atoms with Crippen LogP contribution in [0.15, 0.2) is 61.2 Å². The van der Waals surface area contributed by atoms with Crippen LogP contribution in [0.4, 0.5) is 5.69 Å². The summed E-state index contributed by atoms with van der Waals surface area (Å²) in [6, 6.07) is 11.5. The molecule has 0 fully saturated rings. The second-order valence-corrected chi connectivity index (χ2v) is 5.13. The van der Waals surface area contributed by atoms with Crippen LogP contribution in [0.25, 0.3) is 0 Å². The van der Waals surface area contributed by atoms with Crippen LogP contribution in [-0.4, -0.2) is 20.7 Å². The molecule has 0 aliphatic heterocycles. The van der Waals surface area contributed by atoms with Crippen LogP contribution in [0, 0.1) is 0 Å². The van der Waals surface area contributed by atoms with Crippen LogP contribution in [0.3, 0.4) is 0 Å². The molecule has 22 heavy (non-hydrogen) atoms. The first-order chi connectivity index (χ1) is 10.7. The molecule has 110 valence electrons. The Hall–Kier alpha value is -2.66. The highest BCUT2D eigenvalue weighted by Gasteiger charge is 2.11. The smallest absolute Gasteiger partial charge is 0.258 e. The third-order valence-electron chi connectivity index (χ3n) is 3.09. The summed E-state index contributed by atoms with van der Waals surface area (Å²) in [6.07, 6.45) is 6.35. The third-order valence-corrected chi connectivity index (χ3v) is 3.42. The van der Waals surface area contributed by atoms with E-state index in [9.17, 15) is 4.79 Å². The molecule has 5 nitrogen and oxygen atoms in total. The van der Waals surface area contributed by atoms with Crippen molar-refractivity contribution in [2.45, 2.75) is 6.54 Å². The predicted octanol–water partition coefficient (Wildman–Crippen LogP) is 3.23. The fourth-order valence-corrected chi connectivity index (χ4v) is 2.22. The number of halogens is 1. The van der Waals surface area contributed by atoms with Crippen molar-refractivity contribution in [1.82, 2.24) is 14.8 Å². The summed E-state index contributed by atoms with van der Waals surface area (Å²) in [7, 11) is 0. The molecular weight excluding hydrogens is 300 g/mol. The van der Waals surface area contributed by atoms with Gasteiger partial charge in [0.2, 0.25) is 0 Å². The van der Waals surface area contributed by atoms with E-state index in [1.807, 2.05) is 30.3 Å². The fraction of sp³-hybridized carbons (Fsp3) is 0.0625. The molecule has 0 spiro atoms. The molecule has 2 heterocycles. The molecule has 0 aliphatic rings. The molecule has 6 heteroatoms.